The summed E-state index contributed by atoms with van der Waals surface area (Å²) in [5.74, 6) is -1.45. The molecule has 18 heavy (non-hydrogen) atoms. The molecule has 1 aromatic rings. The van der Waals surface area contributed by atoms with Gasteiger partial charge in [-0.1, -0.05) is 48.0 Å². The van der Waals surface area contributed by atoms with Gasteiger partial charge in [0.2, 0.25) is 5.91 Å². The van der Waals surface area contributed by atoms with Crippen LogP contribution >= 0.6 is 15.9 Å². The number of carboxylic acids is 1. The second kappa shape index (κ2) is 6.54. The Balaban J connectivity index is 2.67. The molecule has 0 unspecified atom stereocenters. The molecule has 0 radical (unpaired) electrons. The summed E-state index contributed by atoms with van der Waals surface area (Å²) in [6, 6.07) is 6.53. The van der Waals surface area contributed by atoms with Crippen LogP contribution < -0.4 is 5.32 Å². The minimum atomic E-state index is -1.01. The van der Waals surface area contributed by atoms with Crippen LogP contribution in [0.25, 0.3) is 0 Å². The highest BCUT2D eigenvalue weighted by molar-refractivity contribution is 9.10. The molecule has 1 rings (SSSR count). The van der Waals surface area contributed by atoms with Crippen molar-refractivity contribution < 1.29 is 14.7 Å². The highest BCUT2D eigenvalue weighted by Gasteiger charge is 2.23. The van der Waals surface area contributed by atoms with Gasteiger partial charge in [0, 0.05) is 4.47 Å². The minimum Gasteiger partial charge on any atom is -0.480 e. The lowest BCUT2D eigenvalue weighted by Crippen LogP contribution is -2.44. The zero-order chi connectivity index (χ0) is 13.7. The van der Waals surface area contributed by atoms with E-state index in [9.17, 15) is 9.59 Å². The monoisotopic (exact) mass is 313 g/mol. The van der Waals surface area contributed by atoms with Crippen molar-refractivity contribution in [1.29, 1.82) is 0 Å². The molecule has 0 saturated heterocycles. The van der Waals surface area contributed by atoms with E-state index in [1.807, 2.05) is 24.3 Å². The predicted octanol–water partition coefficient (Wildman–Crippen LogP) is 2.22. The number of rotatable bonds is 5. The maximum Gasteiger partial charge on any atom is 0.326 e. The third-order valence-electron chi connectivity index (χ3n) is 2.56. The summed E-state index contributed by atoms with van der Waals surface area (Å²) in [7, 11) is 0. The number of nitrogens with one attached hydrogen (secondary N) is 1. The molecular weight excluding hydrogens is 298 g/mol. The Hall–Kier alpha value is -1.36. The zero-order valence-electron chi connectivity index (χ0n) is 10.3. The summed E-state index contributed by atoms with van der Waals surface area (Å²) in [5.41, 5.74) is 0.836. The number of carbonyl (C=O) groups is 2. The molecule has 0 aliphatic heterocycles. The largest absolute Gasteiger partial charge is 0.480 e. The van der Waals surface area contributed by atoms with Crippen LogP contribution in [0.15, 0.2) is 28.7 Å². The van der Waals surface area contributed by atoms with E-state index in [0.29, 0.717) is 0 Å². The van der Waals surface area contributed by atoms with Gasteiger partial charge in [0.05, 0.1) is 6.42 Å². The lowest BCUT2D eigenvalue weighted by Gasteiger charge is -2.18. The molecule has 0 spiro atoms. The van der Waals surface area contributed by atoms with Crippen LogP contribution in [0.3, 0.4) is 0 Å². The molecule has 0 saturated carbocycles. The fourth-order valence-electron chi connectivity index (χ4n) is 1.55. The van der Waals surface area contributed by atoms with Crippen molar-refractivity contribution in [3.63, 3.8) is 0 Å². The first kappa shape index (κ1) is 14.7. The second-order valence-electron chi connectivity index (χ2n) is 4.40. The molecular formula is C13H16BrNO3. The highest BCUT2D eigenvalue weighted by Crippen LogP contribution is 2.16. The molecule has 0 heterocycles. The lowest BCUT2D eigenvalue weighted by atomic mass is 10.0. The van der Waals surface area contributed by atoms with Gasteiger partial charge in [-0.15, -0.1) is 0 Å². The summed E-state index contributed by atoms with van der Waals surface area (Å²) in [6.45, 7) is 3.52. The van der Waals surface area contributed by atoms with E-state index in [1.54, 1.807) is 13.8 Å². The van der Waals surface area contributed by atoms with E-state index >= 15 is 0 Å². The fraction of sp³-hybridized carbons (Fsp3) is 0.385. The Morgan fingerprint density at radius 2 is 1.94 bits per heavy atom. The molecule has 0 aromatic heterocycles. The van der Waals surface area contributed by atoms with Crippen LogP contribution in [0, 0.1) is 5.92 Å². The second-order valence-corrected chi connectivity index (χ2v) is 5.25. The number of aliphatic carboxylic acids is 1. The molecule has 4 nitrogen and oxygen atoms in total. The molecule has 1 aromatic carbocycles. The minimum absolute atomic E-state index is 0.148. The van der Waals surface area contributed by atoms with Crippen LogP contribution in [0.1, 0.15) is 19.4 Å². The Morgan fingerprint density at radius 3 is 2.44 bits per heavy atom. The average molecular weight is 314 g/mol. The summed E-state index contributed by atoms with van der Waals surface area (Å²) in [6.07, 6.45) is 0.165. The Morgan fingerprint density at radius 1 is 1.33 bits per heavy atom. The number of benzene rings is 1. The van der Waals surface area contributed by atoms with Crippen molar-refractivity contribution in [1.82, 2.24) is 5.32 Å². The van der Waals surface area contributed by atoms with Gasteiger partial charge in [-0.3, -0.25) is 4.79 Å². The van der Waals surface area contributed by atoms with Crippen molar-refractivity contribution in [2.45, 2.75) is 26.3 Å². The van der Waals surface area contributed by atoms with E-state index in [0.717, 1.165) is 10.0 Å². The normalized spacial score (nSPS) is 12.2. The molecule has 2 N–H and O–H groups in total. The first-order valence-corrected chi connectivity index (χ1v) is 6.46. The molecule has 0 aliphatic rings. The molecule has 0 aliphatic carbocycles. The van der Waals surface area contributed by atoms with Gasteiger partial charge in [0.1, 0.15) is 6.04 Å². The molecule has 0 fully saturated rings. The van der Waals surface area contributed by atoms with Gasteiger partial charge in [0.15, 0.2) is 0 Å². The lowest BCUT2D eigenvalue weighted by molar-refractivity contribution is -0.143. The quantitative estimate of drug-likeness (QED) is 0.876. The van der Waals surface area contributed by atoms with Gasteiger partial charge in [-0.25, -0.2) is 4.79 Å². The molecule has 1 atom stereocenters. The van der Waals surface area contributed by atoms with Gasteiger partial charge >= 0.3 is 5.97 Å². The van der Waals surface area contributed by atoms with E-state index in [2.05, 4.69) is 21.2 Å². The zero-order valence-corrected chi connectivity index (χ0v) is 11.9. The number of carboxylic acid groups (broad SMARTS) is 1. The fourth-order valence-corrected chi connectivity index (χ4v) is 1.98. The smallest absolute Gasteiger partial charge is 0.326 e. The third-order valence-corrected chi connectivity index (χ3v) is 3.33. The SMILES string of the molecule is CC(C)[C@H](NC(=O)Cc1ccccc1Br)C(=O)O. The van der Waals surface area contributed by atoms with Gasteiger partial charge in [-0.2, -0.15) is 0 Å². The highest BCUT2D eigenvalue weighted by atomic mass is 79.9. The van der Waals surface area contributed by atoms with Crippen LogP contribution in [0.5, 0.6) is 0 Å². The summed E-state index contributed by atoms with van der Waals surface area (Å²) < 4.78 is 0.844. The summed E-state index contributed by atoms with van der Waals surface area (Å²) in [5, 5.41) is 11.5. The predicted molar refractivity (Wildman–Crippen MR) is 72.3 cm³/mol. The Labute approximate surface area is 115 Å². The van der Waals surface area contributed by atoms with E-state index < -0.39 is 12.0 Å². The number of hydrogen-bond acceptors (Lipinski definition) is 2. The van der Waals surface area contributed by atoms with Crippen molar-refractivity contribution >= 4 is 27.8 Å². The molecule has 1 amide bonds. The number of carbonyl (C=O) groups excluding carboxylic acids is 1. The van der Waals surface area contributed by atoms with Crippen molar-refractivity contribution in [2.75, 3.05) is 0 Å². The van der Waals surface area contributed by atoms with E-state index in [1.165, 1.54) is 0 Å². The average Bonchev–Trinajstić information content (AvgIpc) is 2.28. The topological polar surface area (TPSA) is 66.4 Å². The van der Waals surface area contributed by atoms with Crippen molar-refractivity contribution in [2.24, 2.45) is 5.92 Å². The Kier molecular flexibility index (Phi) is 5.34. The number of halogens is 1. The maximum atomic E-state index is 11.8. The standard InChI is InChI=1S/C13H16BrNO3/c1-8(2)12(13(17)18)15-11(16)7-9-5-3-4-6-10(9)14/h3-6,8,12H,7H2,1-2H3,(H,15,16)(H,17,18)/t12-/m0/s1. The van der Waals surface area contributed by atoms with Crippen LogP contribution in [0.4, 0.5) is 0 Å². The van der Waals surface area contributed by atoms with Gasteiger partial charge < -0.3 is 10.4 Å². The van der Waals surface area contributed by atoms with E-state index in [-0.39, 0.29) is 18.2 Å². The van der Waals surface area contributed by atoms with Gasteiger partial charge in [0.25, 0.3) is 0 Å². The van der Waals surface area contributed by atoms with Crippen LogP contribution in [0.2, 0.25) is 0 Å². The Bertz CT molecular complexity index is 446. The summed E-state index contributed by atoms with van der Waals surface area (Å²) >= 11 is 3.35. The van der Waals surface area contributed by atoms with Crippen LogP contribution in [-0.2, 0) is 16.0 Å². The number of hydrogen-bond donors (Lipinski definition) is 2. The third kappa shape index (κ3) is 4.14. The first-order chi connectivity index (χ1) is 8.41. The molecule has 5 heteroatoms. The van der Waals surface area contributed by atoms with Gasteiger partial charge in [-0.05, 0) is 17.5 Å². The first-order valence-electron chi connectivity index (χ1n) is 5.67. The van der Waals surface area contributed by atoms with Crippen LogP contribution in [-0.4, -0.2) is 23.0 Å². The van der Waals surface area contributed by atoms with Crippen molar-refractivity contribution in [3.8, 4) is 0 Å². The molecule has 0 bridgehead atoms. The molecule has 98 valence electrons. The van der Waals surface area contributed by atoms with Crippen molar-refractivity contribution in [3.05, 3.63) is 34.3 Å². The maximum absolute atomic E-state index is 11.8. The van der Waals surface area contributed by atoms with E-state index in [4.69, 9.17) is 5.11 Å². The number of amides is 1. The summed E-state index contributed by atoms with van der Waals surface area (Å²) in [4.78, 5) is 22.8.